The molecule has 0 saturated carbocycles. The van der Waals surface area contributed by atoms with Crippen molar-refractivity contribution < 1.29 is 19.1 Å². The number of carbonyl (C=O) groups excluding carboxylic acids is 2. The van der Waals surface area contributed by atoms with Gasteiger partial charge in [0.15, 0.2) is 0 Å². The molecule has 0 radical (unpaired) electrons. The Bertz CT molecular complexity index is 963. The maximum Gasteiger partial charge on any atom is 0.251 e. The first-order valence-electron chi connectivity index (χ1n) is 11.0. The van der Waals surface area contributed by atoms with Crippen LogP contribution < -0.4 is 20.1 Å². The number of benzene rings is 2. The number of nitrogens with one attached hydrogen (secondary N) is 2. The second-order valence-corrected chi connectivity index (χ2v) is 9.01. The van der Waals surface area contributed by atoms with Gasteiger partial charge in [-0.25, -0.2) is 0 Å². The molecule has 7 heteroatoms. The molecule has 1 heterocycles. The highest BCUT2D eigenvalue weighted by molar-refractivity contribution is 7.98. The Labute approximate surface area is 194 Å². The Balaban J connectivity index is 1.70. The van der Waals surface area contributed by atoms with Crippen LogP contribution in [0.1, 0.15) is 47.3 Å². The van der Waals surface area contributed by atoms with E-state index in [1.165, 1.54) is 0 Å². The molecule has 2 atom stereocenters. The van der Waals surface area contributed by atoms with E-state index >= 15 is 0 Å². The minimum atomic E-state index is -0.614. The third-order valence-electron chi connectivity index (χ3n) is 5.34. The van der Waals surface area contributed by atoms with Gasteiger partial charge < -0.3 is 20.1 Å². The number of amides is 2. The van der Waals surface area contributed by atoms with E-state index in [-0.39, 0.29) is 17.9 Å². The first-order valence-corrected chi connectivity index (χ1v) is 12.4. The quantitative estimate of drug-likeness (QED) is 0.567. The predicted molar refractivity (Wildman–Crippen MR) is 129 cm³/mol. The molecule has 0 aromatic heterocycles. The lowest BCUT2D eigenvalue weighted by Crippen LogP contribution is -2.46. The average Bonchev–Trinajstić information content (AvgIpc) is 3.13. The van der Waals surface area contributed by atoms with Crippen molar-refractivity contribution in [1.29, 1.82) is 0 Å². The topological polar surface area (TPSA) is 76.7 Å². The van der Waals surface area contributed by atoms with Gasteiger partial charge in [-0.2, -0.15) is 11.8 Å². The van der Waals surface area contributed by atoms with Crippen LogP contribution in [0.15, 0.2) is 36.4 Å². The van der Waals surface area contributed by atoms with Gasteiger partial charge in [0.05, 0.1) is 6.61 Å². The minimum Gasteiger partial charge on any atom is -0.494 e. The van der Waals surface area contributed by atoms with Gasteiger partial charge in [-0.05, 0) is 63.5 Å². The highest BCUT2D eigenvalue weighted by Crippen LogP contribution is 2.35. The molecule has 172 valence electrons. The molecule has 6 nitrogen and oxygen atoms in total. The summed E-state index contributed by atoms with van der Waals surface area (Å²) in [5.74, 6) is 1.91. The van der Waals surface area contributed by atoms with E-state index in [0.717, 1.165) is 40.4 Å². The van der Waals surface area contributed by atoms with Crippen LogP contribution in [0.2, 0.25) is 0 Å². The number of ether oxygens (including phenoxy) is 2. The maximum atomic E-state index is 13.0. The van der Waals surface area contributed by atoms with Crippen molar-refractivity contribution >= 4 is 23.6 Å². The fraction of sp³-hybridized carbons (Fsp3) is 0.440. The molecule has 1 aliphatic heterocycles. The van der Waals surface area contributed by atoms with E-state index < -0.39 is 6.04 Å². The van der Waals surface area contributed by atoms with E-state index in [2.05, 4.69) is 10.6 Å². The van der Waals surface area contributed by atoms with Crippen LogP contribution in [0, 0.1) is 6.92 Å². The molecule has 2 amide bonds. The molecule has 1 aliphatic rings. The fourth-order valence-electron chi connectivity index (χ4n) is 3.75. The Hall–Kier alpha value is -2.67. The minimum absolute atomic E-state index is 0.136. The molecule has 2 N–H and O–H groups in total. The van der Waals surface area contributed by atoms with Gasteiger partial charge in [-0.15, -0.1) is 0 Å². The SMILES string of the molecule is CCOc1cc2c(cc1CNC(=O)[C@H](CCSC)NC(=O)c1cccc(C)c1)O[C@H](C)C2. The summed E-state index contributed by atoms with van der Waals surface area (Å²) in [4.78, 5) is 25.7. The van der Waals surface area contributed by atoms with Crippen LogP contribution in [0.4, 0.5) is 0 Å². The van der Waals surface area contributed by atoms with Crippen molar-refractivity contribution in [3.8, 4) is 11.5 Å². The molecular weight excluding hydrogens is 424 g/mol. The van der Waals surface area contributed by atoms with Crippen molar-refractivity contribution in [2.24, 2.45) is 0 Å². The van der Waals surface area contributed by atoms with Gasteiger partial charge in [0.25, 0.3) is 5.91 Å². The number of aryl methyl sites for hydroxylation is 1. The summed E-state index contributed by atoms with van der Waals surface area (Å²) in [7, 11) is 0. The Morgan fingerprint density at radius 2 is 2.09 bits per heavy atom. The predicted octanol–water partition coefficient (Wildman–Crippen LogP) is 3.89. The summed E-state index contributed by atoms with van der Waals surface area (Å²) >= 11 is 1.64. The largest absolute Gasteiger partial charge is 0.494 e. The normalized spacial score (nSPS) is 15.4. The molecule has 2 aromatic carbocycles. The summed E-state index contributed by atoms with van der Waals surface area (Å²) in [5, 5.41) is 5.88. The zero-order valence-corrected chi connectivity index (χ0v) is 20.0. The number of thioether (sulfide) groups is 1. The third-order valence-corrected chi connectivity index (χ3v) is 5.99. The van der Waals surface area contributed by atoms with Crippen molar-refractivity contribution in [1.82, 2.24) is 10.6 Å². The smallest absolute Gasteiger partial charge is 0.251 e. The van der Waals surface area contributed by atoms with Crippen LogP contribution in [0.25, 0.3) is 0 Å². The third kappa shape index (κ3) is 6.19. The molecule has 0 unspecified atom stereocenters. The Morgan fingerprint density at radius 1 is 1.28 bits per heavy atom. The maximum absolute atomic E-state index is 13.0. The number of hydrogen-bond donors (Lipinski definition) is 2. The number of rotatable bonds is 10. The van der Waals surface area contributed by atoms with Crippen LogP contribution >= 0.6 is 11.8 Å². The summed E-state index contributed by atoms with van der Waals surface area (Å²) in [6.45, 7) is 6.75. The highest BCUT2D eigenvalue weighted by Gasteiger charge is 2.24. The fourth-order valence-corrected chi connectivity index (χ4v) is 4.22. The molecule has 0 aliphatic carbocycles. The van der Waals surface area contributed by atoms with E-state index in [9.17, 15) is 9.59 Å². The molecule has 0 spiro atoms. The van der Waals surface area contributed by atoms with Gasteiger partial charge in [-0.1, -0.05) is 17.7 Å². The molecule has 3 rings (SSSR count). The molecule has 0 saturated heterocycles. The van der Waals surface area contributed by atoms with Gasteiger partial charge in [0.2, 0.25) is 5.91 Å². The standard InChI is InChI=1S/C25H32N2O4S/c1-5-30-22-13-19-12-17(3)31-23(19)14-20(22)15-26-25(29)21(9-10-32-4)27-24(28)18-8-6-7-16(2)11-18/h6-8,11,13-14,17,21H,5,9-10,12,15H2,1-4H3,(H,26,29)(H,27,28)/t17-,21+/m1/s1. The van der Waals surface area contributed by atoms with Gasteiger partial charge in [-0.3, -0.25) is 9.59 Å². The molecule has 0 bridgehead atoms. The summed E-state index contributed by atoms with van der Waals surface area (Å²) in [6, 6.07) is 10.7. The molecule has 0 fully saturated rings. The van der Waals surface area contributed by atoms with Gasteiger partial charge >= 0.3 is 0 Å². The monoisotopic (exact) mass is 456 g/mol. The first kappa shape index (κ1) is 24.0. The number of carbonyl (C=O) groups is 2. The van der Waals surface area contributed by atoms with Crippen LogP contribution in [0.3, 0.4) is 0 Å². The van der Waals surface area contributed by atoms with Gasteiger partial charge in [0, 0.05) is 29.7 Å². The second-order valence-electron chi connectivity index (χ2n) is 8.03. The first-order chi connectivity index (χ1) is 15.4. The van der Waals surface area contributed by atoms with E-state index in [4.69, 9.17) is 9.47 Å². The van der Waals surface area contributed by atoms with Crippen LogP contribution in [-0.4, -0.2) is 42.6 Å². The second kappa shape index (κ2) is 11.3. The lowest BCUT2D eigenvalue weighted by atomic mass is 10.1. The van der Waals surface area contributed by atoms with Crippen LogP contribution in [0.5, 0.6) is 11.5 Å². The number of fused-ring (bicyclic) bond motifs is 1. The summed E-state index contributed by atoms with van der Waals surface area (Å²) in [6.07, 6.45) is 3.52. The number of hydrogen-bond acceptors (Lipinski definition) is 5. The summed E-state index contributed by atoms with van der Waals surface area (Å²) in [5.41, 5.74) is 3.54. The van der Waals surface area contributed by atoms with E-state index in [0.29, 0.717) is 25.1 Å². The molecular formula is C25H32N2O4S. The van der Waals surface area contributed by atoms with Crippen LogP contribution in [-0.2, 0) is 17.8 Å². The average molecular weight is 457 g/mol. The lowest BCUT2D eigenvalue weighted by Gasteiger charge is -2.19. The lowest BCUT2D eigenvalue weighted by molar-refractivity contribution is -0.123. The van der Waals surface area contributed by atoms with Crippen molar-refractivity contribution in [2.75, 3.05) is 18.6 Å². The Kier molecular flexibility index (Phi) is 8.45. The van der Waals surface area contributed by atoms with E-state index in [1.54, 1.807) is 17.8 Å². The van der Waals surface area contributed by atoms with Crippen molar-refractivity contribution in [3.63, 3.8) is 0 Å². The van der Waals surface area contributed by atoms with Gasteiger partial charge in [0.1, 0.15) is 23.6 Å². The Morgan fingerprint density at radius 3 is 2.81 bits per heavy atom. The summed E-state index contributed by atoms with van der Waals surface area (Å²) < 4.78 is 11.7. The van der Waals surface area contributed by atoms with Crippen molar-refractivity contribution in [2.45, 2.75) is 52.3 Å². The van der Waals surface area contributed by atoms with E-state index in [1.807, 2.05) is 57.4 Å². The molecule has 32 heavy (non-hydrogen) atoms. The molecule has 2 aromatic rings. The zero-order valence-electron chi connectivity index (χ0n) is 19.2. The van der Waals surface area contributed by atoms with Crippen molar-refractivity contribution in [3.05, 3.63) is 58.7 Å². The zero-order chi connectivity index (χ0) is 23.1. The highest BCUT2D eigenvalue weighted by atomic mass is 32.2.